The normalized spacial score (nSPS) is 10.2. The van der Waals surface area contributed by atoms with E-state index in [1.165, 1.54) is 12.8 Å². The van der Waals surface area contributed by atoms with E-state index in [1.807, 2.05) is 0 Å². The van der Waals surface area contributed by atoms with Crippen molar-refractivity contribution >= 4 is 11.7 Å². The van der Waals surface area contributed by atoms with Gasteiger partial charge < -0.3 is 16.9 Å². The minimum Gasteiger partial charge on any atom is -0.370 e. The van der Waals surface area contributed by atoms with Gasteiger partial charge in [0.1, 0.15) is 0 Å². The van der Waals surface area contributed by atoms with Crippen LogP contribution in [0.15, 0.2) is 4.99 Å². The van der Waals surface area contributed by atoms with E-state index in [0.717, 1.165) is 18.8 Å². The van der Waals surface area contributed by atoms with Crippen LogP contribution in [-0.4, -0.2) is 18.2 Å². The van der Waals surface area contributed by atoms with Crippen LogP contribution < -0.4 is 11.5 Å². The Hall–Kier alpha value is -1.06. The van der Waals surface area contributed by atoms with E-state index in [2.05, 4.69) is 18.8 Å². The molecule has 0 aliphatic heterocycles. The van der Waals surface area contributed by atoms with E-state index in [-0.39, 0.29) is 5.96 Å². The average Bonchev–Trinajstić information content (AvgIpc) is 2.08. The van der Waals surface area contributed by atoms with Crippen LogP contribution >= 0.6 is 0 Å². The minimum atomic E-state index is 0.0666. The zero-order chi connectivity index (χ0) is 11.0. The summed E-state index contributed by atoms with van der Waals surface area (Å²) in [6.45, 7) is 4.78. The van der Waals surface area contributed by atoms with E-state index in [9.17, 15) is 0 Å². The standard InChI is InChI=1S/C10H22N4/c1-8(2)5-3-4-6-9(11)7-14-10(12)13/h8,11H,3-7H2,1-2H3,(H4,12,13,14). The Morgan fingerprint density at radius 2 is 1.93 bits per heavy atom. The second kappa shape index (κ2) is 7.35. The first-order valence-corrected chi connectivity index (χ1v) is 5.14. The first kappa shape index (κ1) is 12.9. The number of nitrogens with zero attached hydrogens (tertiary/aromatic N) is 1. The van der Waals surface area contributed by atoms with E-state index in [0.29, 0.717) is 12.3 Å². The number of rotatable bonds is 7. The molecule has 0 aromatic carbocycles. The number of guanidine groups is 1. The molecule has 4 heteroatoms. The van der Waals surface area contributed by atoms with Crippen molar-refractivity contribution in [2.24, 2.45) is 22.4 Å². The molecule has 4 nitrogen and oxygen atoms in total. The number of nitrogens with two attached hydrogens (primary N) is 2. The van der Waals surface area contributed by atoms with Crippen molar-refractivity contribution in [3.8, 4) is 0 Å². The third kappa shape index (κ3) is 9.03. The number of unbranched alkanes of at least 4 members (excludes halogenated alkanes) is 1. The van der Waals surface area contributed by atoms with Crippen molar-refractivity contribution in [3.05, 3.63) is 0 Å². The molecule has 0 atom stereocenters. The molecule has 0 aliphatic carbocycles. The average molecular weight is 198 g/mol. The van der Waals surface area contributed by atoms with Crippen LogP contribution in [0.3, 0.4) is 0 Å². The molecule has 0 saturated carbocycles. The van der Waals surface area contributed by atoms with Crippen molar-refractivity contribution in [1.82, 2.24) is 0 Å². The fraction of sp³-hybridized carbons (Fsp3) is 0.800. The summed E-state index contributed by atoms with van der Waals surface area (Å²) in [5, 5.41) is 7.55. The fourth-order valence-electron chi connectivity index (χ4n) is 1.16. The van der Waals surface area contributed by atoms with Gasteiger partial charge in [-0.05, 0) is 18.8 Å². The quantitative estimate of drug-likeness (QED) is 0.329. The molecule has 0 amide bonds. The molecular formula is C10H22N4. The lowest BCUT2D eigenvalue weighted by Crippen LogP contribution is -2.24. The predicted molar refractivity (Wildman–Crippen MR) is 61.7 cm³/mol. The van der Waals surface area contributed by atoms with Gasteiger partial charge in [0.15, 0.2) is 5.96 Å². The molecular weight excluding hydrogens is 176 g/mol. The third-order valence-electron chi connectivity index (χ3n) is 1.96. The van der Waals surface area contributed by atoms with Crippen LogP contribution in [0.2, 0.25) is 0 Å². The Morgan fingerprint density at radius 3 is 2.43 bits per heavy atom. The summed E-state index contributed by atoms with van der Waals surface area (Å²) in [7, 11) is 0. The van der Waals surface area contributed by atoms with E-state index in [1.54, 1.807) is 0 Å². The van der Waals surface area contributed by atoms with E-state index < -0.39 is 0 Å². The molecule has 0 fully saturated rings. The number of hydrogen-bond acceptors (Lipinski definition) is 2. The fourth-order valence-corrected chi connectivity index (χ4v) is 1.16. The smallest absolute Gasteiger partial charge is 0.186 e. The largest absolute Gasteiger partial charge is 0.370 e. The van der Waals surface area contributed by atoms with Gasteiger partial charge in [-0.3, -0.25) is 0 Å². The molecule has 0 radical (unpaired) electrons. The molecule has 0 aliphatic rings. The lowest BCUT2D eigenvalue weighted by atomic mass is 10.0. The first-order chi connectivity index (χ1) is 6.52. The third-order valence-corrected chi connectivity index (χ3v) is 1.96. The number of aliphatic imine (C=N–C) groups is 1. The Morgan fingerprint density at radius 1 is 1.29 bits per heavy atom. The van der Waals surface area contributed by atoms with Crippen molar-refractivity contribution in [3.63, 3.8) is 0 Å². The zero-order valence-electron chi connectivity index (χ0n) is 9.21. The highest BCUT2D eigenvalue weighted by atomic mass is 15.0. The van der Waals surface area contributed by atoms with Crippen LogP contribution in [0.5, 0.6) is 0 Å². The van der Waals surface area contributed by atoms with Crippen LogP contribution in [0.4, 0.5) is 0 Å². The molecule has 0 bridgehead atoms. The van der Waals surface area contributed by atoms with Crippen molar-refractivity contribution in [2.75, 3.05) is 6.54 Å². The van der Waals surface area contributed by atoms with Gasteiger partial charge in [0, 0.05) is 5.71 Å². The maximum absolute atomic E-state index is 7.55. The van der Waals surface area contributed by atoms with Gasteiger partial charge >= 0.3 is 0 Å². The maximum Gasteiger partial charge on any atom is 0.186 e. The lowest BCUT2D eigenvalue weighted by molar-refractivity contribution is 0.543. The lowest BCUT2D eigenvalue weighted by Gasteiger charge is -2.04. The molecule has 0 rings (SSSR count). The van der Waals surface area contributed by atoms with Gasteiger partial charge in [-0.15, -0.1) is 0 Å². The van der Waals surface area contributed by atoms with Gasteiger partial charge in [0.2, 0.25) is 0 Å². The topological polar surface area (TPSA) is 88.2 Å². The molecule has 0 heterocycles. The summed E-state index contributed by atoms with van der Waals surface area (Å²) < 4.78 is 0. The second-order valence-corrected chi connectivity index (χ2v) is 3.98. The monoisotopic (exact) mass is 198 g/mol. The maximum atomic E-state index is 7.55. The molecule has 0 aromatic heterocycles. The Labute approximate surface area is 86.3 Å². The summed E-state index contributed by atoms with van der Waals surface area (Å²) in [5.74, 6) is 0.818. The minimum absolute atomic E-state index is 0.0666. The summed E-state index contributed by atoms with van der Waals surface area (Å²) >= 11 is 0. The first-order valence-electron chi connectivity index (χ1n) is 5.14. The summed E-state index contributed by atoms with van der Waals surface area (Å²) in [4.78, 5) is 3.79. The molecule has 82 valence electrons. The summed E-state index contributed by atoms with van der Waals surface area (Å²) in [6.07, 6.45) is 4.29. The second-order valence-electron chi connectivity index (χ2n) is 3.98. The van der Waals surface area contributed by atoms with E-state index >= 15 is 0 Å². The highest BCUT2D eigenvalue weighted by Crippen LogP contribution is 2.08. The van der Waals surface area contributed by atoms with Crippen LogP contribution in [-0.2, 0) is 0 Å². The predicted octanol–water partition coefficient (Wildman–Crippen LogP) is 1.50. The number of nitrogens with one attached hydrogen (secondary N) is 1. The Bertz CT molecular complexity index is 192. The van der Waals surface area contributed by atoms with Crippen molar-refractivity contribution in [2.45, 2.75) is 39.5 Å². The van der Waals surface area contributed by atoms with E-state index in [4.69, 9.17) is 16.9 Å². The molecule has 0 unspecified atom stereocenters. The zero-order valence-corrected chi connectivity index (χ0v) is 9.21. The SMILES string of the molecule is CC(C)CCCCC(=N)CN=C(N)N. The van der Waals surface area contributed by atoms with Crippen molar-refractivity contribution < 1.29 is 0 Å². The Balaban J connectivity index is 3.41. The number of hydrogen-bond donors (Lipinski definition) is 3. The van der Waals surface area contributed by atoms with Gasteiger partial charge in [0.05, 0.1) is 6.54 Å². The summed E-state index contributed by atoms with van der Waals surface area (Å²) in [5.41, 5.74) is 10.9. The molecule has 14 heavy (non-hydrogen) atoms. The highest BCUT2D eigenvalue weighted by Gasteiger charge is 1.98. The van der Waals surface area contributed by atoms with Gasteiger partial charge in [0.25, 0.3) is 0 Å². The van der Waals surface area contributed by atoms with Crippen LogP contribution in [0.1, 0.15) is 39.5 Å². The highest BCUT2D eigenvalue weighted by molar-refractivity contribution is 5.86. The summed E-state index contributed by atoms with van der Waals surface area (Å²) in [6, 6.07) is 0. The Kier molecular flexibility index (Phi) is 6.80. The van der Waals surface area contributed by atoms with Gasteiger partial charge in [-0.2, -0.15) is 0 Å². The van der Waals surface area contributed by atoms with Gasteiger partial charge in [-0.25, -0.2) is 4.99 Å². The van der Waals surface area contributed by atoms with Crippen molar-refractivity contribution in [1.29, 1.82) is 5.41 Å². The molecule has 5 N–H and O–H groups in total. The van der Waals surface area contributed by atoms with Crippen LogP contribution in [0, 0.1) is 11.3 Å². The molecule has 0 spiro atoms. The van der Waals surface area contributed by atoms with Crippen LogP contribution in [0.25, 0.3) is 0 Å². The van der Waals surface area contributed by atoms with Gasteiger partial charge in [-0.1, -0.05) is 26.7 Å². The molecule has 0 saturated heterocycles. The molecule has 0 aromatic rings.